The lowest BCUT2D eigenvalue weighted by Crippen LogP contribution is -2.29. The summed E-state index contributed by atoms with van der Waals surface area (Å²) in [4.78, 5) is 42.3. The molecule has 0 spiro atoms. The molecule has 0 rings (SSSR count). The van der Waals surface area contributed by atoms with Gasteiger partial charge in [-0.1, -0.05) is 107 Å². The third-order valence-electron chi connectivity index (χ3n) is 6.03. The Balaban J connectivity index is 4.24. The largest absolute Gasteiger partial charge is 0.469 e. The molecule has 0 aliphatic rings. The Hall–Kier alpha value is -2.25. The number of allylic oxidation sites excluding steroid dienone is 10. The molecule has 8 nitrogen and oxygen atoms in total. The number of ether oxygens (including phenoxy) is 2. The van der Waals surface area contributed by atoms with Crippen molar-refractivity contribution < 1.29 is 37.9 Å². The normalized spacial score (nSPS) is 13.3. The lowest BCUT2D eigenvalue weighted by molar-refractivity contribution is -0.161. The number of hydrogen-bond donors (Lipinski definition) is 2. The van der Waals surface area contributed by atoms with Crippen molar-refractivity contribution in [2.45, 2.75) is 123 Å². The summed E-state index contributed by atoms with van der Waals surface area (Å²) in [5.41, 5.74) is 0. The molecule has 0 bridgehead atoms. The van der Waals surface area contributed by atoms with Crippen LogP contribution in [0.1, 0.15) is 117 Å². The molecule has 0 aromatic heterocycles. The summed E-state index contributed by atoms with van der Waals surface area (Å²) in [7, 11) is -4.77. The molecule has 9 heteroatoms. The highest BCUT2D eigenvalue weighted by atomic mass is 31.2. The minimum atomic E-state index is -4.77. The maximum absolute atomic E-state index is 12.2. The SMILES string of the molecule is CC/C=C/C/C=C/C/C=C/CCCC(=O)OCC(COP(=O)(O)O)OC(=O)CC/C=C/C/C=C/CCCCCCCC. The van der Waals surface area contributed by atoms with Crippen LogP contribution in [0.4, 0.5) is 0 Å². The summed E-state index contributed by atoms with van der Waals surface area (Å²) in [6.45, 7) is 3.41. The second-order valence-electron chi connectivity index (χ2n) is 10.0. The molecule has 0 aliphatic carbocycles. The highest BCUT2D eigenvalue weighted by Gasteiger charge is 2.22. The van der Waals surface area contributed by atoms with Crippen LogP contribution in [0.3, 0.4) is 0 Å². The summed E-state index contributed by atoms with van der Waals surface area (Å²) in [6, 6.07) is 0. The Morgan fingerprint density at radius 2 is 1.19 bits per heavy atom. The van der Waals surface area contributed by atoms with Crippen LogP contribution in [0.15, 0.2) is 60.8 Å². The molecular weight excluding hydrogens is 555 g/mol. The van der Waals surface area contributed by atoms with Gasteiger partial charge in [-0.25, -0.2) is 4.57 Å². The van der Waals surface area contributed by atoms with E-state index in [0.29, 0.717) is 12.8 Å². The highest BCUT2D eigenvalue weighted by molar-refractivity contribution is 7.46. The van der Waals surface area contributed by atoms with E-state index in [1.807, 2.05) is 24.3 Å². The summed E-state index contributed by atoms with van der Waals surface area (Å²) in [6.07, 6.45) is 34.1. The van der Waals surface area contributed by atoms with E-state index < -0.39 is 32.5 Å². The zero-order valence-corrected chi connectivity index (χ0v) is 26.8. The molecule has 0 amide bonds. The Bertz CT molecular complexity index is 869. The maximum Gasteiger partial charge on any atom is 0.469 e. The summed E-state index contributed by atoms with van der Waals surface area (Å²) in [5, 5.41) is 0. The fraction of sp³-hybridized carbons (Fsp3) is 0.636. The van der Waals surface area contributed by atoms with E-state index in [-0.39, 0.29) is 19.4 Å². The zero-order valence-electron chi connectivity index (χ0n) is 25.9. The quantitative estimate of drug-likeness (QED) is 0.0411. The fourth-order valence-electron chi connectivity index (χ4n) is 3.74. The number of carbonyl (C=O) groups is 2. The molecule has 2 N–H and O–H groups in total. The first-order valence-electron chi connectivity index (χ1n) is 15.6. The van der Waals surface area contributed by atoms with Crippen LogP contribution in [0.5, 0.6) is 0 Å². The van der Waals surface area contributed by atoms with Gasteiger partial charge in [-0.2, -0.15) is 0 Å². The van der Waals surface area contributed by atoms with Crippen molar-refractivity contribution >= 4 is 19.8 Å². The number of phosphoric acid groups is 1. The average Bonchev–Trinajstić information content (AvgIpc) is 2.95. The molecule has 0 fully saturated rings. The van der Waals surface area contributed by atoms with Crippen molar-refractivity contribution in [1.82, 2.24) is 0 Å². The van der Waals surface area contributed by atoms with Crippen molar-refractivity contribution in [3.63, 3.8) is 0 Å². The molecule has 0 aromatic carbocycles. The molecule has 0 heterocycles. The van der Waals surface area contributed by atoms with Gasteiger partial charge in [0.25, 0.3) is 0 Å². The van der Waals surface area contributed by atoms with Crippen LogP contribution < -0.4 is 0 Å². The molecule has 0 aromatic rings. The Morgan fingerprint density at radius 3 is 1.81 bits per heavy atom. The molecule has 0 radical (unpaired) electrons. The van der Waals surface area contributed by atoms with Crippen LogP contribution in [0, 0.1) is 0 Å². The van der Waals surface area contributed by atoms with Gasteiger partial charge in [0.2, 0.25) is 0 Å². The lowest BCUT2D eigenvalue weighted by Gasteiger charge is -2.18. The first-order valence-corrected chi connectivity index (χ1v) is 17.1. The maximum atomic E-state index is 12.2. The van der Waals surface area contributed by atoms with Gasteiger partial charge in [0, 0.05) is 12.8 Å². The molecule has 240 valence electrons. The van der Waals surface area contributed by atoms with Gasteiger partial charge < -0.3 is 19.3 Å². The van der Waals surface area contributed by atoms with Gasteiger partial charge in [-0.05, 0) is 57.8 Å². The third kappa shape index (κ3) is 30.7. The smallest absolute Gasteiger partial charge is 0.462 e. The van der Waals surface area contributed by atoms with Gasteiger partial charge >= 0.3 is 19.8 Å². The summed E-state index contributed by atoms with van der Waals surface area (Å²) >= 11 is 0. The van der Waals surface area contributed by atoms with E-state index in [9.17, 15) is 14.2 Å². The van der Waals surface area contributed by atoms with E-state index in [1.165, 1.54) is 38.5 Å². The zero-order chi connectivity index (χ0) is 31.2. The highest BCUT2D eigenvalue weighted by Crippen LogP contribution is 2.35. The van der Waals surface area contributed by atoms with Crippen molar-refractivity contribution in [2.24, 2.45) is 0 Å². The molecule has 0 saturated carbocycles. The van der Waals surface area contributed by atoms with Gasteiger partial charge in [-0.15, -0.1) is 0 Å². The standard InChI is InChI=1S/C33H55O8P/c1-3-5-7-9-11-13-15-16-18-20-22-24-26-28-33(35)41-31(30-40-42(36,37)38)29-39-32(34)27-25-23-21-19-17-14-12-10-8-6-4-2/h6,8,12,14,16,18-19,21-22,24,31H,3-5,7,9-11,13,15,17,20,23,25-30H2,1-2H3,(H2,36,37,38)/b8-6+,14-12+,18-16+,21-19+,24-22+. The molecule has 0 saturated heterocycles. The predicted octanol–water partition coefficient (Wildman–Crippen LogP) is 8.61. The average molecular weight is 611 g/mol. The van der Waals surface area contributed by atoms with Crippen LogP contribution in [-0.4, -0.2) is 41.0 Å². The van der Waals surface area contributed by atoms with Crippen LogP contribution in [0.25, 0.3) is 0 Å². The van der Waals surface area contributed by atoms with Crippen molar-refractivity contribution in [1.29, 1.82) is 0 Å². The van der Waals surface area contributed by atoms with E-state index in [2.05, 4.69) is 54.8 Å². The Kier molecular flexibility index (Phi) is 27.3. The van der Waals surface area contributed by atoms with Crippen LogP contribution >= 0.6 is 7.82 Å². The van der Waals surface area contributed by atoms with Gasteiger partial charge in [0.1, 0.15) is 6.61 Å². The number of unbranched alkanes of at least 4 members (excludes halogenated alkanes) is 7. The lowest BCUT2D eigenvalue weighted by atomic mass is 10.1. The van der Waals surface area contributed by atoms with Gasteiger partial charge in [-0.3, -0.25) is 14.1 Å². The molecule has 1 unspecified atom stereocenters. The first kappa shape index (κ1) is 39.8. The fourth-order valence-corrected chi connectivity index (χ4v) is 4.10. The summed E-state index contributed by atoms with van der Waals surface area (Å²) < 4.78 is 26.0. The second-order valence-corrected chi connectivity index (χ2v) is 11.3. The van der Waals surface area contributed by atoms with E-state index in [4.69, 9.17) is 19.3 Å². The number of phosphoric ester groups is 1. The van der Waals surface area contributed by atoms with Crippen molar-refractivity contribution in [2.75, 3.05) is 13.2 Å². The number of esters is 2. The molecule has 1 atom stereocenters. The number of hydrogen-bond acceptors (Lipinski definition) is 6. The van der Waals surface area contributed by atoms with Crippen molar-refractivity contribution in [3.05, 3.63) is 60.8 Å². The molecule has 42 heavy (non-hydrogen) atoms. The third-order valence-corrected chi connectivity index (χ3v) is 6.52. The van der Waals surface area contributed by atoms with Crippen molar-refractivity contribution in [3.8, 4) is 0 Å². The minimum absolute atomic E-state index is 0.0926. The molecule has 0 aliphatic heterocycles. The van der Waals surface area contributed by atoms with Crippen LogP contribution in [0.2, 0.25) is 0 Å². The van der Waals surface area contributed by atoms with Crippen LogP contribution in [-0.2, 0) is 28.2 Å². The first-order chi connectivity index (χ1) is 20.3. The number of carbonyl (C=O) groups excluding carboxylic acids is 2. The Labute approximate surface area is 254 Å². The monoisotopic (exact) mass is 610 g/mol. The van der Waals surface area contributed by atoms with E-state index >= 15 is 0 Å². The molecular formula is C33H55O8P. The number of rotatable bonds is 27. The van der Waals surface area contributed by atoms with Gasteiger partial charge in [0.05, 0.1) is 6.61 Å². The van der Waals surface area contributed by atoms with E-state index in [1.54, 1.807) is 0 Å². The van der Waals surface area contributed by atoms with Gasteiger partial charge in [0.15, 0.2) is 6.10 Å². The second kappa shape index (κ2) is 28.9. The topological polar surface area (TPSA) is 119 Å². The minimum Gasteiger partial charge on any atom is -0.462 e. The predicted molar refractivity (Wildman–Crippen MR) is 170 cm³/mol. The summed E-state index contributed by atoms with van der Waals surface area (Å²) in [5.74, 6) is -1.04. The Morgan fingerprint density at radius 1 is 0.643 bits per heavy atom. The van der Waals surface area contributed by atoms with E-state index in [0.717, 1.165) is 38.5 Å².